The molecule has 2 N–H and O–H groups in total. The van der Waals surface area contributed by atoms with Crippen LogP contribution in [-0.4, -0.2) is 50.7 Å². The van der Waals surface area contributed by atoms with Crippen LogP contribution in [0.4, 0.5) is 11.6 Å². The number of carbonyl (C=O) groups excluding carboxylic acids is 3. The molecule has 0 bridgehead atoms. The van der Waals surface area contributed by atoms with Crippen LogP contribution in [0.1, 0.15) is 31.3 Å². The predicted molar refractivity (Wildman–Crippen MR) is 143 cm³/mol. The summed E-state index contributed by atoms with van der Waals surface area (Å²) in [7, 11) is 1.52. The van der Waals surface area contributed by atoms with Crippen LogP contribution >= 0.6 is 22.9 Å². The second-order valence-electron chi connectivity index (χ2n) is 8.34. The summed E-state index contributed by atoms with van der Waals surface area (Å²) in [5.41, 5.74) is 3.06. The lowest BCUT2D eigenvalue weighted by atomic mass is 10.1. The van der Waals surface area contributed by atoms with Crippen molar-refractivity contribution in [1.29, 1.82) is 0 Å². The number of hydrogen-bond donors (Lipinski definition) is 2. The van der Waals surface area contributed by atoms with Crippen LogP contribution in [0, 0.1) is 0 Å². The zero-order valence-corrected chi connectivity index (χ0v) is 21.6. The fourth-order valence-electron chi connectivity index (χ4n) is 4.03. The van der Waals surface area contributed by atoms with Gasteiger partial charge in [0, 0.05) is 37.1 Å². The maximum atomic E-state index is 13.5. The smallest absolute Gasteiger partial charge is 0.268 e. The molecule has 4 heterocycles. The molecule has 12 heteroatoms. The van der Waals surface area contributed by atoms with Crippen LogP contribution in [0.3, 0.4) is 0 Å². The molecule has 4 aromatic rings. The number of halogens is 1. The number of nitrogens with one attached hydrogen (secondary N) is 2. The van der Waals surface area contributed by atoms with Gasteiger partial charge in [0.05, 0.1) is 23.2 Å². The van der Waals surface area contributed by atoms with Crippen molar-refractivity contribution in [2.24, 2.45) is 0 Å². The Bertz CT molecular complexity index is 1510. The average molecular weight is 549 g/mol. The number of fused-ring (bicyclic) bond motifs is 1. The van der Waals surface area contributed by atoms with Crippen LogP contribution in [-0.2, 0) is 17.8 Å². The van der Waals surface area contributed by atoms with Gasteiger partial charge in [0.15, 0.2) is 5.82 Å². The summed E-state index contributed by atoms with van der Waals surface area (Å²) in [6.07, 6.45) is 3.37. The van der Waals surface area contributed by atoms with E-state index in [1.54, 1.807) is 48.7 Å². The first kappa shape index (κ1) is 25.3. The molecule has 5 rings (SSSR count). The van der Waals surface area contributed by atoms with E-state index >= 15 is 0 Å². The van der Waals surface area contributed by atoms with E-state index in [9.17, 15) is 14.4 Å². The van der Waals surface area contributed by atoms with E-state index in [-0.39, 0.29) is 41.2 Å². The van der Waals surface area contributed by atoms with Crippen molar-refractivity contribution in [2.75, 3.05) is 17.7 Å². The first-order valence-electron chi connectivity index (χ1n) is 11.5. The van der Waals surface area contributed by atoms with Crippen LogP contribution < -0.4 is 15.4 Å². The van der Waals surface area contributed by atoms with Crippen LogP contribution in [0.25, 0.3) is 0 Å². The molecule has 0 radical (unpaired) electrons. The largest absolute Gasteiger partial charge is 0.497 e. The molecule has 1 unspecified atom stereocenters. The molecule has 0 spiro atoms. The Morgan fingerprint density at radius 1 is 1.13 bits per heavy atom. The molecule has 1 atom stereocenters. The van der Waals surface area contributed by atoms with Crippen LogP contribution in [0.2, 0.25) is 5.02 Å². The SMILES string of the molecule is COc1ccnc(NC(=O)c2ccc(CN3C(=O)c4scnc4NC(=O)C3Cc3ccccn3)cc2Cl)c1. The van der Waals surface area contributed by atoms with Gasteiger partial charge in [-0.05, 0) is 35.9 Å². The number of benzene rings is 1. The third-order valence-corrected chi connectivity index (χ3v) is 7.04. The lowest BCUT2D eigenvalue weighted by molar-refractivity contribution is -0.120. The van der Waals surface area contributed by atoms with Gasteiger partial charge in [0.1, 0.15) is 22.5 Å². The topological polar surface area (TPSA) is 126 Å². The zero-order chi connectivity index (χ0) is 26.6. The summed E-state index contributed by atoms with van der Waals surface area (Å²) in [5, 5.41) is 5.64. The minimum absolute atomic E-state index is 0.0835. The molecule has 0 aliphatic carbocycles. The number of methoxy groups -OCH3 is 1. The molecule has 3 aromatic heterocycles. The number of hydrogen-bond acceptors (Lipinski definition) is 8. The number of amides is 3. The minimum Gasteiger partial charge on any atom is -0.497 e. The van der Waals surface area contributed by atoms with E-state index in [0.29, 0.717) is 27.7 Å². The number of anilines is 2. The fourth-order valence-corrected chi connectivity index (χ4v) is 5.02. The van der Waals surface area contributed by atoms with Crippen molar-refractivity contribution in [3.05, 3.63) is 93.2 Å². The Kier molecular flexibility index (Phi) is 7.29. The zero-order valence-electron chi connectivity index (χ0n) is 20.1. The second-order valence-corrected chi connectivity index (χ2v) is 9.60. The molecule has 3 amide bonds. The van der Waals surface area contributed by atoms with E-state index in [2.05, 4.69) is 25.6 Å². The van der Waals surface area contributed by atoms with Gasteiger partial charge in [-0.3, -0.25) is 19.4 Å². The number of aromatic nitrogens is 3. The lowest BCUT2D eigenvalue weighted by Crippen LogP contribution is -2.46. The molecule has 38 heavy (non-hydrogen) atoms. The van der Waals surface area contributed by atoms with E-state index in [1.165, 1.54) is 23.7 Å². The van der Waals surface area contributed by atoms with Gasteiger partial charge in [-0.1, -0.05) is 23.7 Å². The van der Waals surface area contributed by atoms with Gasteiger partial charge in [-0.2, -0.15) is 0 Å². The molecule has 192 valence electrons. The molecule has 0 fully saturated rings. The molecular formula is C26H21ClN6O4S. The summed E-state index contributed by atoms with van der Waals surface area (Å²) in [6, 6.07) is 12.7. The summed E-state index contributed by atoms with van der Waals surface area (Å²) >= 11 is 7.65. The van der Waals surface area contributed by atoms with Gasteiger partial charge < -0.3 is 20.3 Å². The Labute approximate surface area is 226 Å². The maximum absolute atomic E-state index is 13.5. The van der Waals surface area contributed by atoms with Gasteiger partial charge in [-0.15, -0.1) is 11.3 Å². The number of pyridine rings is 2. The summed E-state index contributed by atoms with van der Waals surface area (Å²) in [4.78, 5) is 54.0. The van der Waals surface area contributed by atoms with Gasteiger partial charge in [-0.25, -0.2) is 9.97 Å². The van der Waals surface area contributed by atoms with Crippen molar-refractivity contribution >= 4 is 52.3 Å². The third-order valence-electron chi connectivity index (χ3n) is 5.91. The Hall–Kier alpha value is -4.35. The molecule has 1 aliphatic rings. The highest BCUT2D eigenvalue weighted by molar-refractivity contribution is 7.12. The van der Waals surface area contributed by atoms with Gasteiger partial charge >= 0.3 is 0 Å². The third kappa shape index (κ3) is 5.34. The van der Waals surface area contributed by atoms with E-state index in [4.69, 9.17) is 16.3 Å². The van der Waals surface area contributed by atoms with Gasteiger partial charge in [0.2, 0.25) is 5.91 Å². The van der Waals surface area contributed by atoms with Crippen LogP contribution in [0.5, 0.6) is 5.75 Å². The number of ether oxygens (including phenoxy) is 1. The first-order chi connectivity index (χ1) is 18.4. The van der Waals surface area contributed by atoms with Crippen molar-refractivity contribution in [2.45, 2.75) is 19.0 Å². The maximum Gasteiger partial charge on any atom is 0.268 e. The highest BCUT2D eigenvalue weighted by atomic mass is 35.5. The minimum atomic E-state index is -0.834. The van der Waals surface area contributed by atoms with Crippen molar-refractivity contribution in [3.63, 3.8) is 0 Å². The number of carbonyl (C=O) groups is 3. The average Bonchev–Trinajstić information content (AvgIpc) is 3.36. The van der Waals surface area contributed by atoms with E-state index in [0.717, 1.165) is 11.3 Å². The fraction of sp³-hybridized carbons (Fsp3) is 0.154. The predicted octanol–water partition coefficient (Wildman–Crippen LogP) is 4.05. The first-order valence-corrected chi connectivity index (χ1v) is 12.7. The summed E-state index contributed by atoms with van der Waals surface area (Å²) < 4.78 is 5.16. The highest BCUT2D eigenvalue weighted by Gasteiger charge is 2.37. The van der Waals surface area contributed by atoms with Crippen molar-refractivity contribution in [1.82, 2.24) is 19.9 Å². The molecule has 0 saturated carbocycles. The summed E-state index contributed by atoms with van der Waals surface area (Å²) in [6.45, 7) is 0.0835. The summed E-state index contributed by atoms with van der Waals surface area (Å²) in [5.74, 6) is -0.0319. The van der Waals surface area contributed by atoms with Crippen LogP contribution in [0.15, 0.2) is 66.4 Å². The Morgan fingerprint density at radius 3 is 2.76 bits per heavy atom. The van der Waals surface area contributed by atoms with Crippen molar-refractivity contribution < 1.29 is 19.1 Å². The number of rotatable bonds is 7. The lowest BCUT2D eigenvalue weighted by Gasteiger charge is -2.28. The molecule has 10 nitrogen and oxygen atoms in total. The standard InChI is InChI=1S/C26H21ClN6O4S/c1-37-17-7-9-29-21(12-17)31-24(34)18-6-5-15(10-19(18)27)13-33-20(11-16-4-2-3-8-28-16)25(35)32-23-22(26(33)36)38-14-30-23/h2-10,12,14,20H,11,13H2,1H3,(H,32,35)(H,29,31,34). The normalized spacial score (nSPS) is 14.9. The number of thiazole rings is 1. The molecule has 1 aromatic carbocycles. The Morgan fingerprint density at radius 2 is 2.00 bits per heavy atom. The second kappa shape index (κ2) is 11.0. The highest BCUT2D eigenvalue weighted by Crippen LogP contribution is 2.29. The quantitative estimate of drug-likeness (QED) is 0.357. The number of nitrogens with zero attached hydrogens (tertiary/aromatic N) is 4. The van der Waals surface area contributed by atoms with E-state index < -0.39 is 11.9 Å². The molecular weight excluding hydrogens is 528 g/mol. The Balaban J connectivity index is 1.40. The van der Waals surface area contributed by atoms with E-state index in [1.807, 2.05) is 6.07 Å². The van der Waals surface area contributed by atoms with Gasteiger partial charge in [0.25, 0.3) is 11.8 Å². The van der Waals surface area contributed by atoms with Crippen molar-refractivity contribution in [3.8, 4) is 5.75 Å². The molecule has 1 aliphatic heterocycles. The monoisotopic (exact) mass is 548 g/mol. The molecule has 0 saturated heterocycles.